The van der Waals surface area contributed by atoms with Crippen LogP contribution in [0.2, 0.25) is 0 Å². The molecular weight excluding hydrogens is 960 g/mol. The Balaban J connectivity index is 1.08. The molecule has 12 aromatic rings. The molecule has 0 spiro atoms. The standard InChI is InChI=1S/C74H63BN2S/c1-72(2,3)51-32-36-64(60(43-51)48-31-35-59-57-27-17-16-25-55(57)56-26-18-19-28-58(56)61(59)42-48)77-65-37-33-53(74(7,8)9)45-63(65)75-69-66(29-20-30-67(69)77)76(70-62-44-52(73(4,5)6)34-38-68(62)78-71(70)75)54-40-49(46-21-12-10-13-22-46)39-50(41-54)47-23-14-11-15-24-47/h10-45H,1-9H3. The molecular formula is C74H63BN2S. The molecule has 0 saturated carbocycles. The van der Waals surface area contributed by atoms with Gasteiger partial charge in [-0.15, -0.1) is 11.3 Å². The minimum absolute atomic E-state index is 0.0185. The Hall–Kier alpha value is -8.18. The molecule has 378 valence electrons. The van der Waals surface area contributed by atoms with Crippen LogP contribution in [0.1, 0.15) is 79.0 Å². The fourth-order valence-corrected chi connectivity index (χ4v) is 14.0. The van der Waals surface area contributed by atoms with Crippen LogP contribution in [0.15, 0.2) is 218 Å². The highest BCUT2D eigenvalue weighted by Crippen LogP contribution is 2.52. The van der Waals surface area contributed by atoms with Crippen LogP contribution in [-0.4, -0.2) is 6.71 Å². The number of anilines is 6. The van der Waals surface area contributed by atoms with E-state index in [0.717, 1.165) is 5.69 Å². The van der Waals surface area contributed by atoms with Crippen LogP contribution in [0.3, 0.4) is 0 Å². The van der Waals surface area contributed by atoms with Gasteiger partial charge >= 0.3 is 0 Å². The van der Waals surface area contributed by atoms with E-state index in [1.807, 2.05) is 11.3 Å². The number of nitrogens with zero attached hydrogens (tertiary/aromatic N) is 2. The fourth-order valence-electron chi connectivity index (χ4n) is 12.7. The third-order valence-electron chi connectivity index (χ3n) is 16.9. The summed E-state index contributed by atoms with van der Waals surface area (Å²) in [5, 5.41) is 8.99. The second-order valence-electron chi connectivity index (χ2n) is 24.9. The van der Waals surface area contributed by atoms with E-state index in [0.29, 0.717) is 0 Å². The molecule has 2 aliphatic heterocycles. The van der Waals surface area contributed by atoms with Crippen LogP contribution in [0, 0.1) is 0 Å². The first-order valence-electron chi connectivity index (χ1n) is 27.8. The molecule has 2 aliphatic rings. The van der Waals surface area contributed by atoms with Crippen molar-refractivity contribution < 1.29 is 0 Å². The fraction of sp³-hybridized carbons (Fsp3) is 0.162. The summed E-state index contributed by atoms with van der Waals surface area (Å²) < 4.78 is 2.69. The minimum atomic E-state index is -0.0801. The predicted octanol–water partition coefficient (Wildman–Crippen LogP) is 19.3. The maximum Gasteiger partial charge on any atom is 0.264 e. The molecule has 2 nitrogen and oxygen atoms in total. The van der Waals surface area contributed by atoms with Gasteiger partial charge in [0.1, 0.15) is 0 Å². The van der Waals surface area contributed by atoms with Crippen molar-refractivity contribution in [2.45, 2.75) is 78.6 Å². The number of benzene rings is 11. The Morgan fingerprint density at radius 2 is 0.833 bits per heavy atom. The molecule has 4 heteroatoms. The van der Waals surface area contributed by atoms with Gasteiger partial charge in [0, 0.05) is 43.2 Å². The van der Waals surface area contributed by atoms with Crippen molar-refractivity contribution in [3.05, 3.63) is 235 Å². The molecule has 0 radical (unpaired) electrons. The van der Waals surface area contributed by atoms with Gasteiger partial charge in [0.25, 0.3) is 6.71 Å². The van der Waals surface area contributed by atoms with Crippen molar-refractivity contribution in [2.75, 3.05) is 9.80 Å². The summed E-state index contributed by atoms with van der Waals surface area (Å²) in [5.41, 5.74) is 20.9. The van der Waals surface area contributed by atoms with E-state index < -0.39 is 0 Å². The molecule has 3 heterocycles. The Morgan fingerprint density at radius 3 is 1.42 bits per heavy atom. The number of rotatable bonds is 5. The molecule has 0 atom stereocenters. The van der Waals surface area contributed by atoms with E-state index in [4.69, 9.17) is 0 Å². The predicted molar refractivity (Wildman–Crippen MR) is 341 cm³/mol. The smallest absolute Gasteiger partial charge is 0.264 e. The van der Waals surface area contributed by atoms with Gasteiger partial charge in [-0.25, -0.2) is 0 Å². The maximum atomic E-state index is 2.65. The van der Waals surface area contributed by atoms with E-state index in [9.17, 15) is 0 Å². The lowest BCUT2D eigenvalue weighted by Crippen LogP contribution is -2.60. The van der Waals surface area contributed by atoms with Crippen LogP contribution < -0.4 is 25.5 Å². The Bertz CT molecular complexity index is 4300. The van der Waals surface area contributed by atoms with Crippen LogP contribution in [0.5, 0.6) is 0 Å². The van der Waals surface area contributed by atoms with Crippen molar-refractivity contribution in [1.29, 1.82) is 0 Å². The van der Waals surface area contributed by atoms with E-state index in [2.05, 4.69) is 291 Å². The Kier molecular flexibility index (Phi) is 10.9. The van der Waals surface area contributed by atoms with Crippen molar-refractivity contribution in [3.8, 4) is 33.4 Å². The van der Waals surface area contributed by atoms with Gasteiger partial charge < -0.3 is 9.80 Å². The molecule has 0 unspecified atom stereocenters. The first kappa shape index (κ1) is 48.2. The van der Waals surface area contributed by atoms with Gasteiger partial charge in [0.15, 0.2) is 0 Å². The minimum Gasteiger partial charge on any atom is -0.311 e. The molecule has 11 aromatic carbocycles. The highest BCUT2D eigenvalue weighted by molar-refractivity contribution is 7.33. The third kappa shape index (κ3) is 7.74. The van der Waals surface area contributed by atoms with Gasteiger partial charge in [-0.2, -0.15) is 0 Å². The largest absolute Gasteiger partial charge is 0.311 e. The van der Waals surface area contributed by atoms with E-state index in [1.54, 1.807) is 0 Å². The topological polar surface area (TPSA) is 6.48 Å². The summed E-state index contributed by atoms with van der Waals surface area (Å²) in [6.07, 6.45) is 0. The Morgan fingerprint density at radius 1 is 0.333 bits per heavy atom. The average molecular weight is 1020 g/mol. The second kappa shape index (κ2) is 17.7. The van der Waals surface area contributed by atoms with Gasteiger partial charge in [-0.05, 0) is 171 Å². The SMILES string of the molecule is CC(C)(C)c1ccc2c(c1)B1c3sc4ccc(C(C)(C)C)cc4c3N(c3cc(-c4ccccc4)cc(-c4ccccc4)c3)c3cccc(c31)N2c1ccc(C(C)(C)C)cc1-c1ccc2c3ccccc3c3ccccc3c2c1. The Labute approximate surface area is 464 Å². The van der Waals surface area contributed by atoms with Crippen LogP contribution >= 0.6 is 11.3 Å². The van der Waals surface area contributed by atoms with Gasteiger partial charge in [-0.1, -0.05) is 214 Å². The summed E-state index contributed by atoms with van der Waals surface area (Å²) in [6.45, 7) is 21.1. The summed E-state index contributed by atoms with van der Waals surface area (Å²) >= 11 is 1.98. The van der Waals surface area contributed by atoms with Gasteiger partial charge in [0.05, 0.1) is 11.4 Å². The lowest BCUT2D eigenvalue weighted by atomic mass is 9.36. The van der Waals surface area contributed by atoms with E-state index in [1.165, 1.54) is 137 Å². The molecule has 0 aliphatic carbocycles. The number of hydrogen-bond acceptors (Lipinski definition) is 3. The van der Waals surface area contributed by atoms with Gasteiger partial charge in [0.2, 0.25) is 0 Å². The zero-order valence-electron chi connectivity index (χ0n) is 46.2. The summed E-state index contributed by atoms with van der Waals surface area (Å²) in [6, 6.07) is 83.3. The number of hydrogen-bond donors (Lipinski definition) is 0. The molecule has 14 rings (SSSR count). The zero-order valence-corrected chi connectivity index (χ0v) is 47.0. The highest BCUT2D eigenvalue weighted by Gasteiger charge is 2.46. The number of fused-ring (bicyclic) bond motifs is 12. The molecule has 1 aromatic heterocycles. The molecule has 0 saturated heterocycles. The third-order valence-corrected chi connectivity index (χ3v) is 18.1. The lowest BCUT2D eigenvalue weighted by Gasteiger charge is -2.44. The quantitative estimate of drug-likeness (QED) is 0.125. The normalized spacial score (nSPS) is 13.4. The van der Waals surface area contributed by atoms with Crippen molar-refractivity contribution in [2.24, 2.45) is 0 Å². The summed E-state index contributed by atoms with van der Waals surface area (Å²) in [4.78, 5) is 5.28. The summed E-state index contributed by atoms with van der Waals surface area (Å²) in [7, 11) is 0. The van der Waals surface area contributed by atoms with E-state index >= 15 is 0 Å². The van der Waals surface area contributed by atoms with Crippen LogP contribution in [-0.2, 0) is 16.2 Å². The van der Waals surface area contributed by atoms with Crippen molar-refractivity contribution >= 4 is 110 Å². The lowest BCUT2D eigenvalue weighted by molar-refractivity contribution is 0.590. The van der Waals surface area contributed by atoms with Crippen LogP contribution in [0.4, 0.5) is 34.1 Å². The van der Waals surface area contributed by atoms with Crippen molar-refractivity contribution in [3.63, 3.8) is 0 Å². The molecule has 0 N–H and O–H groups in total. The maximum absolute atomic E-state index is 2.65. The first-order chi connectivity index (χ1) is 37.6. The molecule has 78 heavy (non-hydrogen) atoms. The monoisotopic (exact) mass is 1020 g/mol. The zero-order chi connectivity index (χ0) is 53.4. The average Bonchev–Trinajstić information content (AvgIpc) is 3.70. The van der Waals surface area contributed by atoms with Crippen LogP contribution in [0.25, 0.3) is 75.8 Å². The number of thiophene rings is 1. The molecule has 0 bridgehead atoms. The summed E-state index contributed by atoms with van der Waals surface area (Å²) in [5.74, 6) is 0. The molecule has 0 amide bonds. The first-order valence-corrected chi connectivity index (χ1v) is 28.6. The second-order valence-corrected chi connectivity index (χ2v) is 26.0. The molecule has 0 fully saturated rings. The van der Waals surface area contributed by atoms with Crippen molar-refractivity contribution in [1.82, 2.24) is 0 Å². The highest BCUT2D eigenvalue weighted by atomic mass is 32.1. The van der Waals surface area contributed by atoms with Gasteiger partial charge in [-0.3, -0.25) is 0 Å². The van der Waals surface area contributed by atoms with E-state index in [-0.39, 0.29) is 23.0 Å².